The Kier molecular flexibility index (Phi) is 19.7. The molecule has 0 saturated heterocycles. The number of rotatable bonds is 2. The maximum absolute atomic E-state index is 3.61. The molecule has 0 radical (unpaired) electrons. The average molecular weight is 197 g/mol. The second-order valence-corrected chi connectivity index (χ2v) is 3.39. The van der Waals surface area contributed by atoms with Crippen molar-refractivity contribution >= 4 is 6.21 Å². The molecule has 0 aromatic rings. The lowest BCUT2D eigenvalue weighted by atomic mass is 10.2. The monoisotopic (exact) mass is 197 g/mol. The first kappa shape index (κ1) is 18.8. The number of hydrogen-bond donors (Lipinski definition) is 0. The standard InChI is InChI=1S/C9H16.C3H7N.CH4/c1-8(2)6-5-7-9(3)4;1-3-4-2;/h5-8H,1-4H3;3H,1-2H3;1H4/b6-5-;;. The van der Waals surface area contributed by atoms with Crippen molar-refractivity contribution in [1.29, 1.82) is 0 Å². The fourth-order valence-corrected chi connectivity index (χ4v) is 0.470. The predicted molar refractivity (Wildman–Crippen MR) is 70.2 cm³/mol. The van der Waals surface area contributed by atoms with E-state index in [0.717, 1.165) is 0 Å². The van der Waals surface area contributed by atoms with E-state index in [0.29, 0.717) is 5.92 Å². The number of nitrogens with zero attached hydrogens (tertiary/aromatic N) is 1. The fraction of sp³-hybridized carbons (Fsp3) is 0.615. The summed E-state index contributed by atoms with van der Waals surface area (Å²) < 4.78 is 0. The summed E-state index contributed by atoms with van der Waals surface area (Å²) in [4.78, 5) is 3.61. The third-order valence-electron chi connectivity index (χ3n) is 1.18. The molecular formula is C13H27N. The van der Waals surface area contributed by atoms with Crippen molar-refractivity contribution in [2.45, 2.75) is 42.0 Å². The van der Waals surface area contributed by atoms with Crippen molar-refractivity contribution in [3.8, 4) is 0 Å². The first-order valence-electron chi connectivity index (χ1n) is 4.73. The van der Waals surface area contributed by atoms with Crippen LogP contribution in [0.1, 0.15) is 42.0 Å². The van der Waals surface area contributed by atoms with E-state index in [9.17, 15) is 0 Å². The molecule has 0 saturated carbocycles. The third-order valence-corrected chi connectivity index (χ3v) is 1.18. The number of hydrogen-bond acceptors (Lipinski definition) is 1. The van der Waals surface area contributed by atoms with Crippen molar-refractivity contribution in [2.75, 3.05) is 7.05 Å². The Balaban J connectivity index is -0.000000209. The van der Waals surface area contributed by atoms with Gasteiger partial charge in [-0.05, 0) is 32.9 Å². The van der Waals surface area contributed by atoms with Gasteiger partial charge in [-0.2, -0.15) is 0 Å². The van der Waals surface area contributed by atoms with Crippen molar-refractivity contribution in [2.24, 2.45) is 10.9 Å². The topological polar surface area (TPSA) is 12.4 Å². The summed E-state index contributed by atoms with van der Waals surface area (Å²) in [6, 6.07) is 0. The first-order valence-corrected chi connectivity index (χ1v) is 4.73. The smallest absolute Gasteiger partial charge is 0.0273 e. The summed E-state index contributed by atoms with van der Waals surface area (Å²) in [7, 11) is 1.75. The molecule has 0 unspecified atom stereocenters. The quantitative estimate of drug-likeness (QED) is 0.456. The summed E-state index contributed by atoms with van der Waals surface area (Å²) in [6.07, 6.45) is 8.17. The summed E-state index contributed by atoms with van der Waals surface area (Å²) in [5.41, 5.74) is 1.35. The van der Waals surface area contributed by atoms with E-state index >= 15 is 0 Å². The summed E-state index contributed by atoms with van der Waals surface area (Å²) in [5, 5.41) is 0. The normalized spacial score (nSPS) is 9.64. The summed E-state index contributed by atoms with van der Waals surface area (Å²) >= 11 is 0. The van der Waals surface area contributed by atoms with Gasteiger partial charge in [0.25, 0.3) is 0 Å². The zero-order chi connectivity index (χ0) is 10.7. The highest BCUT2D eigenvalue weighted by Gasteiger charge is 1.79. The van der Waals surface area contributed by atoms with Crippen LogP contribution >= 0.6 is 0 Å². The Morgan fingerprint density at radius 2 is 1.64 bits per heavy atom. The molecule has 0 atom stereocenters. The lowest BCUT2D eigenvalue weighted by molar-refractivity contribution is 0.832. The minimum absolute atomic E-state index is 0. The molecular weight excluding hydrogens is 170 g/mol. The number of aliphatic imine (C=N–C) groups is 1. The van der Waals surface area contributed by atoms with Gasteiger partial charge >= 0.3 is 0 Å². The van der Waals surface area contributed by atoms with E-state index in [4.69, 9.17) is 0 Å². The Morgan fingerprint density at radius 3 is 1.86 bits per heavy atom. The summed E-state index contributed by atoms with van der Waals surface area (Å²) in [5.74, 6) is 0.667. The van der Waals surface area contributed by atoms with Crippen LogP contribution < -0.4 is 0 Å². The van der Waals surface area contributed by atoms with Crippen LogP contribution in [0.3, 0.4) is 0 Å². The van der Waals surface area contributed by atoms with Crippen LogP contribution in [0.5, 0.6) is 0 Å². The van der Waals surface area contributed by atoms with Crippen molar-refractivity contribution in [1.82, 2.24) is 0 Å². The Bertz CT molecular complexity index is 166. The molecule has 14 heavy (non-hydrogen) atoms. The van der Waals surface area contributed by atoms with Crippen molar-refractivity contribution in [3.63, 3.8) is 0 Å². The molecule has 0 aliphatic heterocycles. The van der Waals surface area contributed by atoms with Gasteiger partial charge in [0.05, 0.1) is 0 Å². The molecule has 1 nitrogen and oxygen atoms in total. The van der Waals surface area contributed by atoms with Gasteiger partial charge in [0, 0.05) is 7.05 Å². The van der Waals surface area contributed by atoms with Crippen LogP contribution in [0.4, 0.5) is 0 Å². The Hall–Kier alpha value is -0.850. The van der Waals surface area contributed by atoms with Crippen molar-refractivity contribution in [3.05, 3.63) is 23.8 Å². The van der Waals surface area contributed by atoms with Gasteiger partial charge < -0.3 is 4.99 Å². The van der Waals surface area contributed by atoms with Crippen LogP contribution in [0.25, 0.3) is 0 Å². The van der Waals surface area contributed by atoms with Crippen LogP contribution in [0, 0.1) is 5.92 Å². The molecule has 0 fully saturated rings. The van der Waals surface area contributed by atoms with E-state index in [-0.39, 0.29) is 7.43 Å². The van der Waals surface area contributed by atoms with Gasteiger partial charge in [-0.1, -0.05) is 45.1 Å². The zero-order valence-electron chi connectivity index (χ0n) is 9.83. The van der Waals surface area contributed by atoms with Gasteiger partial charge in [-0.25, -0.2) is 0 Å². The lowest BCUT2D eigenvalue weighted by Gasteiger charge is -1.89. The second kappa shape index (κ2) is 14.7. The van der Waals surface area contributed by atoms with Crippen molar-refractivity contribution < 1.29 is 0 Å². The van der Waals surface area contributed by atoms with Gasteiger partial charge in [0.15, 0.2) is 0 Å². The van der Waals surface area contributed by atoms with Crippen LogP contribution in [0.2, 0.25) is 0 Å². The minimum Gasteiger partial charge on any atom is -0.301 e. The molecule has 0 bridgehead atoms. The average Bonchev–Trinajstić information content (AvgIpc) is 2.03. The maximum Gasteiger partial charge on any atom is 0.0273 e. The van der Waals surface area contributed by atoms with E-state index in [1.54, 1.807) is 13.3 Å². The molecule has 0 aliphatic carbocycles. The Morgan fingerprint density at radius 1 is 1.21 bits per heavy atom. The van der Waals surface area contributed by atoms with Gasteiger partial charge in [-0.15, -0.1) is 0 Å². The minimum atomic E-state index is 0. The summed E-state index contributed by atoms with van der Waals surface area (Å²) in [6.45, 7) is 10.4. The fourth-order valence-electron chi connectivity index (χ4n) is 0.470. The number of allylic oxidation sites excluding steroid dienone is 4. The molecule has 0 rings (SSSR count). The van der Waals surface area contributed by atoms with Gasteiger partial charge in [0.1, 0.15) is 0 Å². The maximum atomic E-state index is 3.61. The van der Waals surface area contributed by atoms with E-state index in [1.807, 2.05) is 6.92 Å². The highest BCUT2D eigenvalue weighted by molar-refractivity contribution is 5.52. The molecule has 84 valence electrons. The van der Waals surface area contributed by atoms with E-state index in [2.05, 4.69) is 50.9 Å². The molecule has 0 aromatic heterocycles. The van der Waals surface area contributed by atoms with Gasteiger partial charge in [0.2, 0.25) is 0 Å². The highest BCUT2D eigenvalue weighted by Crippen LogP contribution is 1.95. The van der Waals surface area contributed by atoms with Crippen LogP contribution in [0.15, 0.2) is 28.8 Å². The molecule has 0 aromatic carbocycles. The molecule has 0 heterocycles. The van der Waals surface area contributed by atoms with Crippen LogP contribution in [-0.2, 0) is 0 Å². The molecule has 1 heteroatoms. The zero-order valence-corrected chi connectivity index (χ0v) is 9.83. The first-order chi connectivity index (χ1) is 6.04. The molecule has 0 spiro atoms. The van der Waals surface area contributed by atoms with E-state index < -0.39 is 0 Å². The van der Waals surface area contributed by atoms with Crippen LogP contribution in [-0.4, -0.2) is 13.3 Å². The highest BCUT2D eigenvalue weighted by atomic mass is 14.6. The second-order valence-electron chi connectivity index (χ2n) is 3.39. The molecule has 0 N–H and O–H groups in total. The van der Waals surface area contributed by atoms with Gasteiger partial charge in [-0.3, -0.25) is 0 Å². The largest absolute Gasteiger partial charge is 0.301 e. The SMILES string of the molecule is C.CC(C)=C/C=C\C(C)C.CC=NC. The molecule has 0 amide bonds. The molecule has 0 aliphatic rings. The van der Waals surface area contributed by atoms with E-state index in [1.165, 1.54) is 5.57 Å². The lowest BCUT2D eigenvalue weighted by Crippen LogP contribution is -1.74. The third kappa shape index (κ3) is 30.4. The Labute approximate surface area is 90.6 Å². The predicted octanol–water partition coefficient (Wildman–Crippen LogP) is 4.51.